The van der Waals surface area contributed by atoms with E-state index in [0.29, 0.717) is 17.6 Å². The molecule has 7 nitrogen and oxygen atoms in total. The summed E-state index contributed by atoms with van der Waals surface area (Å²) in [5.41, 5.74) is 1.85. The minimum absolute atomic E-state index is 0.192. The number of hydrogen-bond donors (Lipinski definition) is 3. The van der Waals surface area contributed by atoms with Crippen molar-refractivity contribution in [3.8, 4) is 0 Å². The van der Waals surface area contributed by atoms with E-state index >= 15 is 0 Å². The van der Waals surface area contributed by atoms with E-state index in [4.69, 9.17) is 11.7 Å². The molecule has 2 heterocycles. The topological polar surface area (TPSA) is 102 Å². The Morgan fingerprint density at radius 2 is 1.88 bits per heavy atom. The Labute approximate surface area is 157 Å². The maximum absolute atomic E-state index is 12.3. The van der Waals surface area contributed by atoms with Crippen molar-refractivity contribution in [1.82, 2.24) is 14.3 Å². The summed E-state index contributed by atoms with van der Waals surface area (Å²) in [5.74, 6) is 10.7. The fourth-order valence-electron chi connectivity index (χ4n) is 2.80. The van der Waals surface area contributed by atoms with E-state index in [1.54, 1.807) is 18.3 Å². The highest BCUT2D eigenvalue weighted by Crippen LogP contribution is 2.26. The lowest BCUT2D eigenvalue weighted by Gasteiger charge is -2.25. The predicted octanol–water partition coefficient (Wildman–Crippen LogP) is 1.40. The molecule has 1 saturated heterocycles. The molecule has 1 aliphatic heterocycles. The molecule has 1 fully saturated rings. The predicted molar refractivity (Wildman–Crippen MR) is 103 cm³/mol. The quantitative estimate of drug-likeness (QED) is 0.418. The first-order chi connectivity index (χ1) is 12.7. The van der Waals surface area contributed by atoms with Crippen LogP contribution in [-0.4, -0.2) is 28.0 Å². The number of nitrogens with two attached hydrogens (primary N) is 2. The Balaban J connectivity index is 1.55. The van der Waals surface area contributed by atoms with Gasteiger partial charge in [0.2, 0.25) is 0 Å². The summed E-state index contributed by atoms with van der Waals surface area (Å²) in [6, 6.07) is 11.5. The van der Waals surface area contributed by atoms with Gasteiger partial charge in [-0.2, -0.15) is 5.10 Å². The van der Waals surface area contributed by atoms with Crippen LogP contribution in [0.5, 0.6) is 0 Å². The van der Waals surface area contributed by atoms with Crippen molar-refractivity contribution in [2.75, 3.05) is 18.9 Å². The third kappa shape index (κ3) is 4.80. The molecule has 3 rings (SSSR count). The number of pyridine rings is 1. The molecule has 1 amide bonds. The fraction of sp³-hybridized carbons (Fsp3) is 0.333. The lowest BCUT2D eigenvalue weighted by Crippen LogP contribution is -2.31. The van der Waals surface area contributed by atoms with E-state index in [1.165, 1.54) is 28.8 Å². The van der Waals surface area contributed by atoms with E-state index in [9.17, 15) is 4.79 Å². The zero-order valence-electron chi connectivity index (χ0n) is 14.6. The van der Waals surface area contributed by atoms with Crippen LogP contribution >= 0.6 is 11.9 Å². The lowest BCUT2D eigenvalue weighted by molar-refractivity contribution is 0.0950. The molecule has 1 aromatic carbocycles. The zero-order valence-corrected chi connectivity index (χ0v) is 15.4. The standard InChI is InChI=1S/C18H24N6OS/c19-22-17-12-15(8-11-24(17)20)18(25)21-13-14-4-6-16(7-5-14)26-23-9-2-1-3-10-23/h4-8,11-12H,1-3,9-10,13,19-20H2,(H,21,25)/b22-17-. The van der Waals surface area contributed by atoms with Crippen molar-refractivity contribution in [3.63, 3.8) is 0 Å². The van der Waals surface area contributed by atoms with Crippen LogP contribution in [0.2, 0.25) is 0 Å². The molecule has 0 saturated carbocycles. The van der Waals surface area contributed by atoms with E-state index in [0.717, 1.165) is 18.7 Å². The Morgan fingerprint density at radius 1 is 1.15 bits per heavy atom. The molecule has 2 aromatic rings. The molecule has 8 heteroatoms. The number of amides is 1. The summed E-state index contributed by atoms with van der Waals surface area (Å²) >= 11 is 1.81. The molecule has 0 spiro atoms. The van der Waals surface area contributed by atoms with Crippen LogP contribution in [0.15, 0.2) is 52.6 Å². The Morgan fingerprint density at radius 3 is 2.58 bits per heavy atom. The second-order valence-electron chi connectivity index (χ2n) is 6.22. The van der Waals surface area contributed by atoms with Gasteiger partial charge in [0.05, 0.1) is 0 Å². The molecule has 0 aliphatic carbocycles. The van der Waals surface area contributed by atoms with Gasteiger partial charge in [0.15, 0.2) is 5.49 Å². The number of benzene rings is 1. The first-order valence-corrected chi connectivity index (χ1v) is 9.45. The average molecular weight is 372 g/mol. The summed E-state index contributed by atoms with van der Waals surface area (Å²) in [4.78, 5) is 13.5. The third-order valence-corrected chi connectivity index (χ3v) is 5.39. The van der Waals surface area contributed by atoms with E-state index in [2.05, 4.69) is 26.9 Å². The van der Waals surface area contributed by atoms with E-state index in [1.807, 2.05) is 24.1 Å². The molecular weight excluding hydrogens is 348 g/mol. The smallest absolute Gasteiger partial charge is 0.251 e. The molecule has 0 radical (unpaired) electrons. The van der Waals surface area contributed by atoms with Crippen LogP contribution < -0.4 is 22.5 Å². The van der Waals surface area contributed by atoms with Crippen molar-refractivity contribution in [1.29, 1.82) is 0 Å². The molecule has 1 aromatic heterocycles. The summed E-state index contributed by atoms with van der Waals surface area (Å²) in [6.07, 6.45) is 5.44. The van der Waals surface area contributed by atoms with Gasteiger partial charge in [-0.1, -0.05) is 18.6 Å². The number of nitrogens with one attached hydrogen (secondary N) is 1. The number of piperidine rings is 1. The SMILES string of the molecule is N/N=c1/cc(C(=O)NCc2ccc(SN3CCCCC3)cc2)ccn1N. The van der Waals surface area contributed by atoms with Gasteiger partial charge in [-0.3, -0.25) is 9.47 Å². The van der Waals surface area contributed by atoms with Gasteiger partial charge < -0.3 is 17.0 Å². The first kappa shape index (κ1) is 18.3. The van der Waals surface area contributed by atoms with Crippen LogP contribution in [0, 0.1) is 0 Å². The Bertz CT molecular complexity index is 811. The van der Waals surface area contributed by atoms with Crippen LogP contribution in [0.4, 0.5) is 0 Å². The van der Waals surface area contributed by atoms with Gasteiger partial charge in [-0.25, -0.2) is 4.31 Å². The number of nitrogen functional groups attached to an aromatic ring is 1. The highest BCUT2D eigenvalue weighted by molar-refractivity contribution is 7.97. The maximum atomic E-state index is 12.3. The molecule has 26 heavy (non-hydrogen) atoms. The van der Waals surface area contributed by atoms with Crippen LogP contribution in [0.25, 0.3) is 0 Å². The van der Waals surface area contributed by atoms with Crippen LogP contribution in [0.1, 0.15) is 35.2 Å². The largest absolute Gasteiger partial charge is 0.348 e. The molecule has 1 aliphatic rings. The van der Waals surface area contributed by atoms with Gasteiger partial charge >= 0.3 is 0 Å². The summed E-state index contributed by atoms with van der Waals surface area (Å²) in [5, 5.41) is 6.44. The number of carbonyl (C=O) groups is 1. The third-order valence-electron chi connectivity index (χ3n) is 4.28. The van der Waals surface area contributed by atoms with Crippen LogP contribution in [0.3, 0.4) is 0 Å². The highest BCUT2D eigenvalue weighted by Gasteiger charge is 2.11. The van der Waals surface area contributed by atoms with Crippen molar-refractivity contribution >= 4 is 17.9 Å². The molecular formula is C18H24N6OS. The minimum Gasteiger partial charge on any atom is -0.348 e. The van der Waals surface area contributed by atoms with Crippen molar-refractivity contribution < 1.29 is 4.79 Å². The van der Waals surface area contributed by atoms with Crippen molar-refractivity contribution in [2.24, 2.45) is 10.9 Å². The molecule has 0 bridgehead atoms. The van der Waals surface area contributed by atoms with E-state index in [-0.39, 0.29) is 5.91 Å². The average Bonchev–Trinajstić information content (AvgIpc) is 2.68. The van der Waals surface area contributed by atoms with Gasteiger partial charge in [-0.05, 0) is 54.6 Å². The van der Waals surface area contributed by atoms with Gasteiger partial charge in [0.25, 0.3) is 5.91 Å². The monoisotopic (exact) mass is 372 g/mol. The maximum Gasteiger partial charge on any atom is 0.251 e. The summed E-state index contributed by atoms with van der Waals surface area (Å²) in [6.45, 7) is 2.76. The second-order valence-corrected chi connectivity index (χ2v) is 7.39. The number of nitrogens with zero attached hydrogens (tertiary/aromatic N) is 3. The highest BCUT2D eigenvalue weighted by atomic mass is 32.2. The van der Waals surface area contributed by atoms with Gasteiger partial charge in [0, 0.05) is 36.3 Å². The minimum atomic E-state index is -0.192. The molecule has 0 atom stereocenters. The first-order valence-electron chi connectivity index (χ1n) is 8.67. The normalized spacial score (nSPS) is 15.8. The Hall–Kier alpha value is -2.45. The van der Waals surface area contributed by atoms with Crippen molar-refractivity contribution in [3.05, 3.63) is 59.2 Å². The number of carbonyl (C=O) groups excluding carboxylic acids is 1. The summed E-state index contributed by atoms with van der Waals surface area (Å²) < 4.78 is 3.68. The number of aromatic nitrogens is 1. The second kappa shape index (κ2) is 8.77. The zero-order chi connectivity index (χ0) is 18.4. The van der Waals surface area contributed by atoms with Crippen molar-refractivity contribution in [2.45, 2.75) is 30.7 Å². The molecule has 5 N–H and O–H groups in total. The lowest BCUT2D eigenvalue weighted by atomic mass is 10.2. The van der Waals surface area contributed by atoms with Gasteiger partial charge in [0.1, 0.15) is 0 Å². The fourth-order valence-corrected chi connectivity index (χ4v) is 3.80. The summed E-state index contributed by atoms with van der Waals surface area (Å²) in [7, 11) is 0. The number of rotatable bonds is 5. The van der Waals surface area contributed by atoms with E-state index < -0.39 is 0 Å². The molecule has 138 valence electrons. The Kier molecular flexibility index (Phi) is 6.19. The number of hydrogen-bond acceptors (Lipinski definition) is 6. The van der Waals surface area contributed by atoms with Crippen LogP contribution in [-0.2, 0) is 6.54 Å². The molecule has 0 unspecified atom stereocenters. The van der Waals surface area contributed by atoms with Gasteiger partial charge in [-0.15, -0.1) is 0 Å².